The number of carbonyl (C=O) groups excluding carboxylic acids is 1. The van der Waals surface area contributed by atoms with Crippen molar-refractivity contribution in [2.24, 2.45) is 0 Å². The Kier molecular flexibility index (Phi) is 3.62. The molecule has 0 aromatic heterocycles. The fourth-order valence-electron chi connectivity index (χ4n) is 1.80. The van der Waals surface area contributed by atoms with Crippen LogP contribution in [0.5, 0.6) is 5.75 Å². The van der Waals surface area contributed by atoms with Gasteiger partial charge in [0.05, 0.1) is 10.6 Å². The first-order chi connectivity index (χ1) is 8.80. The van der Waals surface area contributed by atoms with Crippen molar-refractivity contribution < 1.29 is 22.7 Å². The predicted octanol–water partition coefficient (Wildman–Crippen LogP) is 2.96. The maximum absolute atomic E-state index is 12.4. The first-order valence-electron chi connectivity index (χ1n) is 5.63. The number of carbonyl (C=O) groups is 1. The van der Waals surface area contributed by atoms with Crippen molar-refractivity contribution in [3.63, 3.8) is 0 Å². The first kappa shape index (κ1) is 14.0. The molecule has 0 spiro atoms. The van der Waals surface area contributed by atoms with E-state index in [4.69, 9.17) is 16.3 Å². The third-order valence-electron chi connectivity index (χ3n) is 2.86. The van der Waals surface area contributed by atoms with Gasteiger partial charge >= 0.3 is 6.18 Å². The Labute approximate surface area is 112 Å². The molecule has 19 heavy (non-hydrogen) atoms. The van der Waals surface area contributed by atoms with Crippen LogP contribution in [0, 0.1) is 0 Å². The normalized spacial score (nSPS) is 16.6. The van der Waals surface area contributed by atoms with Gasteiger partial charge in [0.1, 0.15) is 5.75 Å². The fourth-order valence-corrected chi connectivity index (χ4v) is 2.11. The topological polar surface area (TPSA) is 38.3 Å². The minimum atomic E-state index is -4.48. The largest absolute Gasteiger partial charge is 0.480 e. The van der Waals surface area contributed by atoms with Gasteiger partial charge in [-0.1, -0.05) is 17.7 Å². The van der Waals surface area contributed by atoms with E-state index in [1.54, 1.807) is 6.07 Å². The van der Waals surface area contributed by atoms with Crippen LogP contribution in [0.3, 0.4) is 0 Å². The molecule has 2 rings (SSSR count). The Morgan fingerprint density at radius 2 is 2.11 bits per heavy atom. The molecular weight excluding hydrogens is 283 g/mol. The van der Waals surface area contributed by atoms with Gasteiger partial charge in [-0.3, -0.25) is 4.79 Å². The number of amides is 1. The molecule has 1 amide bonds. The summed E-state index contributed by atoms with van der Waals surface area (Å²) in [6.45, 7) is 1.37. The van der Waals surface area contributed by atoms with Crippen molar-refractivity contribution in [1.29, 1.82) is 0 Å². The van der Waals surface area contributed by atoms with Crippen LogP contribution in [0.4, 0.5) is 13.2 Å². The molecule has 1 aromatic carbocycles. The van der Waals surface area contributed by atoms with Crippen LogP contribution in [0.15, 0.2) is 12.1 Å². The summed E-state index contributed by atoms with van der Waals surface area (Å²) in [6.07, 6.45) is -5.88. The summed E-state index contributed by atoms with van der Waals surface area (Å²) >= 11 is 5.96. The second kappa shape index (κ2) is 4.92. The summed E-state index contributed by atoms with van der Waals surface area (Å²) in [5, 5.41) is 2.51. The molecule has 0 saturated heterocycles. The number of nitrogens with one attached hydrogen (secondary N) is 1. The molecule has 104 valence electrons. The van der Waals surface area contributed by atoms with E-state index in [1.165, 1.54) is 6.07 Å². The van der Waals surface area contributed by atoms with Gasteiger partial charge in [-0.25, -0.2) is 0 Å². The van der Waals surface area contributed by atoms with Crippen LogP contribution in [-0.4, -0.2) is 24.7 Å². The van der Waals surface area contributed by atoms with Gasteiger partial charge in [0.25, 0.3) is 5.91 Å². The molecular formula is C12H11ClF3NO2. The van der Waals surface area contributed by atoms with E-state index in [1.807, 2.05) is 0 Å². The van der Waals surface area contributed by atoms with Gasteiger partial charge in [-0.2, -0.15) is 13.2 Å². The van der Waals surface area contributed by atoms with Crippen LogP contribution in [-0.2, 0) is 6.42 Å². The van der Waals surface area contributed by atoms with Crippen molar-refractivity contribution in [2.45, 2.75) is 25.6 Å². The number of fused-ring (bicyclic) bond motifs is 1. The van der Waals surface area contributed by atoms with Crippen LogP contribution in [0.1, 0.15) is 22.8 Å². The zero-order valence-corrected chi connectivity index (χ0v) is 10.7. The van der Waals surface area contributed by atoms with E-state index >= 15 is 0 Å². The number of rotatable bonds is 2. The Balaban J connectivity index is 2.34. The van der Waals surface area contributed by atoms with Gasteiger partial charge < -0.3 is 10.1 Å². The highest BCUT2D eigenvalue weighted by Gasteiger charge is 2.38. The Bertz CT molecular complexity index is 516. The first-order valence-corrected chi connectivity index (χ1v) is 6.01. The van der Waals surface area contributed by atoms with E-state index in [0.717, 1.165) is 6.92 Å². The van der Waals surface area contributed by atoms with Gasteiger partial charge in [-0.15, -0.1) is 0 Å². The minimum Gasteiger partial charge on any atom is -0.480 e. The molecule has 1 heterocycles. The lowest BCUT2D eigenvalue weighted by molar-refractivity contribution is -0.189. The van der Waals surface area contributed by atoms with E-state index < -0.39 is 18.2 Å². The molecule has 0 unspecified atom stereocenters. The Morgan fingerprint density at radius 1 is 1.42 bits per heavy atom. The van der Waals surface area contributed by atoms with Gasteiger partial charge in [0, 0.05) is 6.54 Å². The minimum absolute atomic E-state index is 0.0780. The maximum Gasteiger partial charge on any atom is 0.425 e. The number of hydrogen-bond donors (Lipinski definition) is 1. The average molecular weight is 294 g/mol. The highest BCUT2D eigenvalue weighted by molar-refractivity contribution is 6.35. The number of hydrogen-bond acceptors (Lipinski definition) is 2. The van der Waals surface area contributed by atoms with Crippen molar-refractivity contribution in [3.05, 3.63) is 28.3 Å². The van der Waals surface area contributed by atoms with E-state index in [-0.39, 0.29) is 16.3 Å². The molecule has 1 atom stereocenters. The molecule has 1 aliphatic rings. The molecule has 0 saturated carbocycles. The summed E-state index contributed by atoms with van der Waals surface area (Å²) in [7, 11) is 0. The molecule has 3 nitrogen and oxygen atoms in total. The average Bonchev–Trinajstić information content (AvgIpc) is 2.31. The monoisotopic (exact) mass is 293 g/mol. The number of ether oxygens (including phenoxy) is 1. The lowest BCUT2D eigenvalue weighted by Crippen LogP contribution is -2.33. The second-order valence-electron chi connectivity index (χ2n) is 4.22. The Hall–Kier alpha value is -1.43. The summed E-state index contributed by atoms with van der Waals surface area (Å²) in [5.74, 6) is -0.529. The summed E-state index contributed by atoms with van der Waals surface area (Å²) < 4.78 is 42.1. The molecule has 0 aliphatic carbocycles. The van der Waals surface area contributed by atoms with Gasteiger partial charge in [-0.05, 0) is 25.0 Å². The number of halogens is 4. The molecule has 7 heteroatoms. The smallest absolute Gasteiger partial charge is 0.425 e. The molecule has 1 aliphatic heterocycles. The zero-order valence-electron chi connectivity index (χ0n) is 9.97. The molecule has 0 radical (unpaired) electrons. The second-order valence-corrected chi connectivity index (χ2v) is 4.60. The van der Waals surface area contributed by atoms with Crippen molar-refractivity contribution >= 4 is 17.5 Å². The number of benzene rings is 1. The highest BCUT2D eigenvalue weighted by Crippen LogP contribution is 2.35. The van der Waals surface area contributed by atoms with Crippen LogP contribution in [0.25, 0.3) is 0 Å². The third-order valence-corrected chi connectivity index (χ3v) is 3.24. The Morgan fingerprint density at radius 3 is 2.74 bits per heavy atom. The fraction of sp³-hybridized carbons (Fsp3) is 0.417. The predicted molar refractivity (Wildman–Crippen MR) is 63.6 cm³/mol. The summed E-state index contributed by atoms with van der Waals surface area (Å²) in [5.41, 5.74) is 0.903. The summed E-state index contributed by atoms with van der Waals surface area (Å²) in [4.78, 5) is 11.7. The number of alkyl halides is 3. The highest BCUT2D eigenvalue weighted by atomic mass is 35.5. The lowest BCUT2D eigenvalue weighted by Gasteiger charge is -2.22. The van der Waals surface area contributed by atoms with E-state index in [0.29, 0.717) is 18.5 Å². The quantitative estimate of drug-likeness (QED) is 0.910. The lowest BCUT2D eigenvalue weighted by atomic mass is 10.00. The molecule has 0 fully saturated rings. The van der Waals surface area contributed by atoms with Crippen LogP contribution >= 0.6 is 11.6 Å². The molecule has 1 aromatic rings. The van der Waals surface area contributed by atoms with Crippen molar-refractivity contribution in [3.8, 4) is 5.75 Å². The summed E-state index contributed by atoms with van der Waals surface area (Å²) in [6, 6.07) is 2.93. The van der Waals surface area contributed by atoms with Crippen LogP contribution < -0.4 is 10.1 Å². The SMILES string of the molecule is C[C@H](Oc1ccc2c(c1Cl)C(=O)NCC2)C(F)(F)F. The molecule has 0 bridgehead atoms. The van der Waals surface area contributed by atoms with Gasteiger partial charge in [0.15, 0.2) is 6.10 Å². The maximum atomic E-state index is 12.4. The molecule has 1 N–H and O–H groups in total. The van der Waals surface area contributed by atoms with Crippen LogP contribution in [0.2, 0.25) is 5.02 Å². The van der Waals surface area contributed by atoms with E-state index in [2.05, 4.69) is 5.32 Å². The van der Waals surface area contributed by atoms with Crippen molar-refractivity contribution in [2.75, 3.05) is 6.54 Å². The van der Waals surface area contributed by atoms with Gasteiger partial charge in [0.2, 0.25) is 0 Å². The zero-order chi connectivity index (χ0) is 14.2. The van der Waals surface area contributed by atoms with Crippen molar-refractivity contribution in [1.82, 2.24) is 5.32 Å². The third kappa shape index (κ3) is 2.78. The van der Waals surface area contributed by atoms with E-state index in [9.17, 15) is 18.0 Å². The standard InChI is InChI=1S/C12H11ClF3NO2/c1-6(12(14,15)16)19-8-3-2-7-4-5-17-11(18)9(7)10(8)13/h2-3,6H,4-5H2,1H3,(H,17,18)/t6-/m0/s1.